The van der Waals surface area contributed by atoms with Crippen molar-refractivity contribution in [1.29, 1.82) is 0 Å². The summed E-state index contributed by atoms with van der Waals surface area (Å²) in [6.45, 7) is 7.30. The lowest BCUT2D eigenvalue weighted by atomic mass is 10.0. The van der Waals surface area contributed by atoms with Crippen LogP contribution in [0, 0.1) is 6.92 Å². The molecule has 4 nitrogen and oxygen atoms in total. The maximum absolute atomic E-state index is 12.3. The van der Waals surface area contributed by atoms with Gasteiger partial charge in [-0.1, -0.05) is 24.3 Å². The molecule has 0 radical (unpaired) electrons. The van der Waals surface area contributed by atoms with Gasteiger partial charge in [0.15, 0.2) is 5.96 Å². The van der Waals surface area contributed by atoms with Crippen LogP contribution in [-0.2, 0) is 6.54 Å². The summed E-state index contributed by atoms with van der Waals surface area (Å²) in [6.07, 6.45) is -3.15. The normalized spacial score (nSPS) is 17.3. The lowest BCUT2D eigenvalue weighted by molar-refractivity contribution is -0.132. The Labute approximate surface area is 153 Å². The average molecular weight is 370 g/mol. The SMILES string of the molecule is CCNC(=NCCC(F)(F)F)NC1CCN(Cc2ccccc2C)CC1. The number of hydrogen-bond acceptors (Lipinski definition) is 2. The Hall–Kier alpha value is -1.76. The standard InChI is InChI=1S/C19H29F3N4/c1-3-23-18(24-11-10-19(20,21)22)25-17-8-12-26(13-9-17)14-16-7-5-4-6-15(16)2/h4-7,17H,3,8-14H2,1-2H3,(H2,23,24,25). The lowest BCUT2D eigenvalue weighted by Crippen LogP contribution is -2.48. The van der Waals surface area contributed by atoms with Gasteiger partial charge in [0.1, 0.15) is 0 Å². The maximum Gasteiger partial charge on any atom is 0.390 e. The first-order chi connectivity index (χ1) is 12.4. The van der Waals surface area contributed by atoms with E-state index in [1.807, 2.05) is 6.92 Å². The topological polar surface area (TPSA) is 39.7 Å². The zero-order valence-electron chi connectivity index (χ0n) is 15.6. The fourth-order valence-corrected chi connectivity index (χ4v) is 3.07. The zero-order chi connectivity index (χ0) is 19.0. The van der Waals surface area contributed by atoms with Gasteiger partial charge in [0.25, 0.3) is 0 Å². The summed E-state index contributed by atoms with van der Waals surface area (Å²) >= 11 is 0. The molecule has 1 aliphatic heterocycles. The lowest BCUT2D eigenvalue weighted by Gasteiger charge is -2.33. The molecule has 146 valence electrons. The van der Waals surface area contributed by atoms with Gasteiger partial charge in [0.05, 0.1) is 13.0 Å². The van der Waals surface area contributed by atoms with E-state index in [2.05, 4.69) is 51.7 Å². The number of piperidine rings is 1. The highest BCUT2D eigenvalue weighted by Crippen LogP contribution is 2.19. The van der Waals surface area contributed by atoms with Crippen LogP contribution >= 0.6 is 0 Å². The molecule has 0 saturated carbocycles. The van der Waals surface area contributed by atoms with Crippen LogP contribution in [0.2, 0.25) is 0 Å². The molecule has 0 aromatic heterocycles. The van der Waals surface area contributed by atoms with Crippen molar-refractivity contribution in [2.45, 2.75) is 51.9 Å². The molecule has 1 aliphatic rings. The number of nitrogens with one attached hydrogen (secondary N) is 2. The van der Waals surface area contributed by atoms with Gasteiger partial charge in [0, 0.05) is 32.2 Å². The number of nitrogens with zero attached hydrogens (tertiary/aromatic N) is 2. The van der Waals surface area contributed by atoms with Crippen molar-refractivity contribution in [3.63, 3.8) is 0 Å². The second-order valence-corrected chi connectivity index (χ2v) is 6.75. The highest BCUT2D eigenvalue weighted by molar-refractivity contribution is 5.80. The highest BCUT2D eigenvalue weighted by Gasteiger charge is 2.26. The molecule has 0 aliphatic carbocycles. The third kappa shape index (κ3) is 7.23. The van der Waals surface area contributed by atoms with E-state index in [4.69, 9.17) is 0 Å². The first kappa shape index (κ1) is 20.6. The number of alkyl halides is 3. The summed E-state index contributed by atoms with van der Waals surface area (Å²) < 4.78 is 36.9. The van der Waals surface area contributed by atoms with Gasteiger partial charge in [-0.05, 0) is 37.8 Å². The smallest absolute Gasteiger partial charge is 0.357 e. The number of hydrogen-bond donors (Lipinski definition) is 2. The number of aliphatic imine (C=N–C) groups is 1. The molecule has 0 atom stereocenters. The van der Waals surface area contributed by atoms with E-state index in [9.17, 15) is 13.2 Å². The average Bonchev–Trinajstić information content (AvgIpc) is 2.58. The van der Waals surface area contributed by atoms with Gasteiger partial charge < -0.3 is 10.6 Å². The maximum atomic E-state index is 12.3. The van der Waals surface area contributed by atoms with Crippen LogP contribution in [0.15, 0.2) is 29.3 Å². The van der Waals surface area contributed by atoms with Gasteiger partial charge in [-0.3, -0.25) is 9.89 Å². The number of guanidine groups is 1. The quantitative estimate of drug-likeness (QED) is 0.595. The Bertz CT molecular complexity index is 578. The Morgan fingerprint density at radius 3 is 2.54 bits per heavy atom. The predicted molar refractivity (Wildman–Crippen MR) is 99.3 cm³/mol. The van der Waals surface area contributed by atoms with Crippen LogP contribution in [0.5, 0.6) is 0 Å². The Morgan fingerprint density at radius 2 is 1.92 bits per heavy atom. The second-order valence-electron chi connectivity index (χ2n) is 6.75. The van der Waals surface area contributed by atoms with E-state index in [0.29, 0.717) is 12.5 Å². The summed E-state index contributed by atoms with van der Waals surface area (Å²) in [5, 5.41) is 6.32. The van der Waals surface area contributed by atoms with Crippen LogP contribution in [0.3, 0.4) is 0 Å². The van der Waals surface area contributed by atoms with Crippen molar-refractivity contribution >= 4 is 5.96 Å². The molecule has 1 saturated heterocycles. The Kier molecular flexibility index (Phi) is 7.75. The molecular weight excluding hydrogens is 341 g/mol. The molecule has 1 heterocycles. The van der Waals surface area contributed by atoms with E-state index >= 15 is 0 Å². The van der Waals surface area contributed by atoms with Crippen LogP contribution in [0.1, 0.15) is 37.3 Å². The van der Waals surface area contributed by atoms with Crippen LogP contribution < -0.4 is 10.6 Å². The number of halogens is 3. The third-order valence-electron chi connectivity index (χ3n) is 4.59. The molecule has 26 heavy (non-hydrogen) atoms. The molecule has 1 aromatic rings. The Balaban J connectivity index is 1.80. The second kappa shape index (κ2) is 9.80. The minimum atomic E-state index is -4.16. The van der Waals surface area contributed by atoms with E-state index < -0.39 is 12.6 Å². The molecule has 1 fully saturated rings. The summed E-state index contributed by atoms with van der Waals surface area (Å²) in [6, 6.07) is 8.65. The van der Waals surface area contributed by atoms with Crippen molar-refractivity contribution < 1.29 is 13.2 Å². The van der Waals surface area contributed by atoms with Crippen LogP contribution in [0.4, 0.5) is 13.2 Å². The van der Waals surface area contributed by atoms with Crippen molar-refractivity contribution in [2.24, 2.45) is 4.99 Å². The molecule has 0 spiro atoms. The fourth-order valence-electron chi connectivity index (χ4n) is 3.07. The first-order valence-corrected chi connectivity index (χ1v) is 9.26. The van der Waals surface area contributed by atoms with Gasteiger partial charge in [-0.2, -0.15) is 13.2 Å². The van der Waals surface area contributed by atoms with Gasteiger partial charge in [-0.25, -0.2) is 0 Å². The molecule has 0 unspecified atom stereocenters. The number of rotatable bonds is 6. The minimum Gasteiger partial charge on any atom is -0.357 e. The van der Waals surface area contributed by atoms with Gasteiger partial charge in [-0.15, -0.1) is 0 Å². The number of aryl methyl sites for hydroxylation is 1. The van der Waals surface area contributed by atoms with E-state index in [1.165, 1.54) is 11.1 Å². The molecule has 2 rings (SSSR count). The summed E-state index contributed by atoms with van der Waals surface area (Å²) in [5.41, 5.74) is 2.65. The monoisotopic (exact) mass is 370 g/mol. The van der Waals surface area contributed by atoms with Gasteiger partial charge >= 0.3 is 6.18 Å². The van der Waals surface area contributed by atoms with Crippen LogP contribution in [-0.4, -0.2) is 49.3 Å². The largest absolute Gasteiger partial charge is 0.390 e. The summed E-state index contributed by atoms with van der Waals surface area (Å²) in [5.74, 6) is 0.481. The van der Waals surface area contributed by atoms with Crippen molar-refractivity contribution in [3.8, 4) is 0 Å². The predicted octanol–water partition coefficient (Wildman–Crippen LogP) is 3.47. The number of benzene rings is 1. The van der Waals surface area contributed by atoms with Crippen molar-refractivity contribution in [1.82, 2.24) is 15.5 Å². The number of likely N-dealkylation sites (tertiary alicyclic amines) is 1. The summed E-state index contributed by atoms with van der Waals surface area (Å²) in [7, 11) is 0. The minimum absolute atomic E-state index is 0.242. The van der Waals surface area contributed by atoms with E-state index in [-0.39, 0.29) is 12.6 Å². The van der Waals surface area contributed by atoms with Crippen LogP contribution in [0.25, 0.3) is 0 Å². The Morgan fingerprint density at radius 1 is 1.23 bits per heavy atom. The molecule has 1 aromatic carbocycles. The van der Waals surface area contributed by atoms with Crippen molar-refractivity contribution in [3.05, 3.63) is 35.4 Å². The molecular formula is C19H29F3N4. The van der Waals surface area contributed by atoms with Crippen molar-refractivity contribution in [2.75, 3.05) is 26.2 Å². The summed E-state index contributed by atoms with van der Waals surface area (Å²) in [4.78, 5) is 6.48. The first-order valence-electron chi connectivity index (χ1n) is 9.26. The van der Waals surface area contributed by atoms with E-state index in [1.54, 1.807) is 0 Å². The fraction of sp³-hybridized carbons (Fsp3) is 0.632. The third-order valence-corrected chi connectivity index (χ3v) is 4.59. The van der Waals surface area contributed by atoms with Gasteiger partial charge in [0.2, 0.25) is 0 Å². The molecule has 0 bridgehead atoms. The highest BCUT2D eigenvalue weighted by atomic mass is 19.4. The molecule has 0 amide bonds. The molecule has 2 N–H and O–H groups in total. The zero-order valence-corrected chi connectivity index (χ0v) is 15.6. The molecule has 7 heteroatoms. The van der Waals surface area contributed by atoms with E-state index in [0.717, 1.165) is 32.5 Å².